The molecule has 1 aliphatic carbocycles. The van der Waals surface area contributed by atoms with Crippen LogP contribution in [0, 0.1) is 17.5 Å². The van der Waals surface area contributed by atoms with Crippen molar-refractivity contribution in [2.75, 3.05) is 13.7 Å². The minimum Gasteiger partial charge on any atom is -0.494 e. The maximum atomic E-state index is 15.9. The van der Waals surface area contributed by atoms with Crippen LogP contribution in [0.15, 0.2) is 66.9 Å². The molecule has 2 aromatic heterocycles. The lowest BCUT2D eigenvalue weighted by Crippen LogP contribution is -2.42. The minimum absolute atomic E-state index is 0.217. The number of pyridine rings is 1. The van der Waals surface area contributed by atoms with Gasteiger partial charge in [0.2, 0.25) is 0 Å². The van der Waals surface area contributed by atoms with Crippen LogP contribution in [-0.4, -0.2) is 44.5 Å². The van der Waals surface area contributed by atoms with Gasteiger partial charge >= 0.3 is 0 Å². The Hall–Kier alpha value is -4.45. The van der Waals surface area contributed by atoms with Crippen molar-refractivity contribution in [2.24, 2.45) is 0 Å². The lowest BCUT2D eigenvalue weighted by atomic mass is 9.86. The number of carbonyl (C=O) groups excluding carboxylic acids is 1. The summed E-state index contributed by atoms with van der Waals surface area (Å²) in [5.74, 6) is -3.46. The molecule has 2 heterocycles. The zero-order valence-electron chi connectivity index (χ0n) is 25.1. The fraction of sp³-hybridized carbons (Fsp3) is 0.265. The standard InChI is InChI=1S/C34H30ClF3N4O4/c1-33(2,44)23-14-28(40-31(29(23)38)22-13-24(35)26(37)15-25(22)36)34(45,20-7-5-4-6-8-20)17-39-32(43)18-11-19-16-42(21-9-10-21)41-30(19)27(12-18)46-3/h4-8,11-16,21,44-45H,9-10,17H2,1-3H3,(H,39,43)/t34-/m1/s1. The number of aliphatic hydroxyl groups is 2. The van der Waals surface area contributed by atoms with Crippen LogP contribution in [0.1, 0.15) is 59.9 Å². The zero-order valence-corrected chi connectivity index (χ0v) is 25.9. The highest BCUT2D eigenvalue weighted by atomic mass is 35.5. The zero-order chi connectivity index (χ0) is 33.0. The number of aromatic nitrogens is 3. The van der Waals surface area contributed by atoms with E-state index < -0.39 is 57.4 Å². The Balaban J connectivity index is 1.44. The highest BCUT2D eigenvalue weighted by Crippen LogP contribution is 2.39. The lowest BCUT2D eigenvalue weighted by Gasteiger charge is -2.31. The Bertz CT molecular complexity index is 1980. The van der Waals surface area contributed by atoms with Crippen LogP contribution in [0.25, 0.3) is 22.2 Å². The topological polar surface area (TPSA) is 110 Å². The second kappa shape index (κ2) is 11.7. The fourth-order valence-electron chi connectivity index (χ4n) is 5.37. The highest BCUT2D eigenvalue weighted by Gasteiger charge is 2.38. The second-order valence-electron chi connectivity index (χ2n) is 11.9. The fourth-order valence-corrected chi connectivity index (χ4v) is 5.53. The number of ether oxygens (including phenoxy) is 1. The number of benzene rings is 3. The summed E-state index contributed by atoms with van der Waals surface area (Å²) in [6, 6.07) is 14.2. The van der Waals surface area contributed by atoms with Gasteiger partial charge in [0.15, 0.2) is 5.82 Å². The molecule has 1 fully saturated rings. The summed E-state index contributed by atoms with van der Waals surface area (Å²) >= 11 is 5.91. The van der Waals surface area contributed by atoms with Crippen molar-refractivity contribution in [3.05, 3.63) is 112 Å². The van der Waals surface area contributed by atoms with Crippen LogP contribution in [0.5, 0.6) is 5.75 Å². The van der Waals surface area contributed by atoms with Crippen LogP contribution in [-0.2, 0) is 11.2 Å². The smallest absolute Gasteiger partial charge is 0.251 e. The molecule has 0 unspecified atom stereocenters. The maximum Gasteiger partial charge on any atom is 0.251 e. The Kier molecular flexibility index (Phi) is 8.04. The molecule has 238 valence electrons. The summed E-state index contributed by atoms with van der Waals surface area (Å²) in [6.45, 7) is 2.16. The molecule has 1 amide bonds. The summed E-state index contributed by atoms with van der Waals surface area (Å²) in [7, 11) is 1.48. The number of hydrogen-bond donors (Lipinski definition) is 3. The molecule has 0 aliphatic heterocycles. The van der Waals surface area contributed by atoms with E-state index in [4.69, 9.17) is 16.3 Å². The monoisotopic (exact) mass is 650 g/mol. The molecule has 5 aromatic rings. The summed E-state index contributed by atoms with van der Waals surface area (Å²) in [4.78, 5) is 17.9. The Morgan fingerprint density at radius 2 is 1.78 bits per heavy atom. The third-order valence-corrected chi connectivity index (χ3v) is 8.35. The molecule has 0 radical (unpaired) electrons. The maximum absolute atomic E-state index is 15.9. The van der Waals surface area contributed by atoms with Crippen molar-refractivity contribution in [1.82, 2.24) is 20.1 Å². The van der Waals surface area contributed by atoms with E-state index in [1.54, 1.807) is 42.5 Å². The number of nitrogens with one attached hydrogen (secondary N) is 1. The third kappa shape index (κ3) is 5.81. The molecule has 8 nitrogen and oxygen atoms in total. The van der Waals surface area contributed by atoms with Gasteiger partial charge in [-0.3, -0.25) is 9.48 Å². The molecular formula is C34H30ClF3N4O4. The number of hydrogen-bond acceptors (Lipinski definition) is 6. The van der Waals surface area contributed by atoms with Crippen molar-refractivity contribution in [3.8, 4) is 17.0 Å². The van der Waals surface area contributed by atoms with Gasteiger partial charge in [-0.2, -0.15) is 5.10 Å². The summed E-state index contributed by atoms with van der Waals surface area (Å²) in [6.07, 6.45) is 3.91. The molecule has 46 heavy (non-hydrogen) atoms. The van der Waals surface area contributed by atoms with E-state index in [0.29, 0.717) is 28.8 Å². The number of fused-ring (bicyclic) bond motifs is 1. The molecule has 0 saturated heterocycles. The first kappa shape index (κ1) is 31.5. The average Bonchev–Trinajstić information content (AvgIpc) is 3.79. The summed E-state index contributed by atoms with van der Waals surface area (Å²) in [5, 5.41) is 30.8. The predicted molar refractivity (Wildman–Crippen MR) is 166 cm³/mol. The number of carbonyl (C=O) groups is 1. The molecule has 1 saturated carbocycles. The SMILES string of the molecule is COc1cc(C(=O)NC[C@@](O)(c2ccccc2)c2cc(C(C)(C)O)c(F)c(-c3cc(Cl)c(F)cc3F)n2)cc2cn(C3CC3)nc12. The van der Waals surface area contributed by atoms with Gasteiger partial charge in [0.1, 0.15) is 34.2 Å². The van der Waals surface area contributed by atoms with E-state index in [9.17, 15) is 19.4 Å². The summed E-state index contributed by atoms with van der Waals surface area (Å²) < 4.78 is 52.3. The van der Waals surface area contributed by atoms with Crippen LogP contribution in [0.3, 0.4) is 0 Å². The van der Waals surface area contributed by atoms with E-state index in [2.05, 4.69) is 15.4 Å². The van der Waals surface area contributed by atoms with E-state index >= 15 is 8.78 Å². The van der Waals surface area contributed by atoms with Crippen LogP contribution < -0.4 is 10.1 Å². The first-order chi connectivity index (χ1) is 21.8. The second-order valence-corrected chi connectivity index (χ2v) is 12.3. The molecule has 0 bridgehead atoms. The van der Waals surface area contributed by atoms with Gasteiger partial charge in [-0.15, -0.1) is 0 Å². The van der Waals surface area contributed by atoms with E-state index in [-0.39, 0.29) is 22.4 Å². The summed E-state index contributed by atoms with van der Waals surface area (Å²) in [5.41, 5.74) is -4.47. The van der Waals surface area contributed by atoms with Crippen molar-refractivity contribution < 1.29 is 32.9 Å². The van der Waals surface area contributed by atoms with Crippen LogP contribution in [0.2, 0.25) is 5.02 Å². The van der Waals surface area contributed by atoms with Crippen LogP contribution in [0.4, 0.5) is 13.2 Å². The number of amides is 1. The molecule has 0 spiro atoms. The highest BCUT2D eigenvalue weighted by molar-refractivity contribution is 6.31. The van der Waals surface area contributed by atoms with Crippen LogP contribution >= 0.6 is 11.6 Å². The largest absolute Gasteiger partial charge is 0.494 e. The minimum atomic E-state index is -2.12. The van der Waals surface area contributed by atoms with Crippen molar-refractivity contribution in [1.29, 1.82) is 0 Å². The van der Waals surface area contributed by atoms with Gasteiger partial charge in [-0.05, 0) is 56.5 Å². The molecule has 3 aromatic carbocycles. The molecule has 3 N–H and O–H groups in total. The van der Waals surface area contributed by atoms with Gasteiger partial charge in [0.25, 0.3) is 5.91 Å². The van der Waals surface area contributed by atoms with E-state index in [1.807, 2.05) is 10.9 Å². The van der Waals surface area contributed by atoms with E-state index in [0.717, 1.165) is 25.0 Å². The quantitative estimate of drug-likeness (QED) is 0.159. The van der Waals surface area contributed by atoms with E-state index in [1.165, 1.54) is 21.0 Å². The van der Waals surface area contributed by atoms with Gasteiger partial charge < -0.3 is 20.3 Å². The van der Waals surface area contributed by atoms with Crippen molar-refractivity contribution in [2.45, 2.75) is 43.9 Å². The average molecular weight is 651 g/mol. The number of rotatable bonds is 9. The Morgan fingerprint density at radius 1 is 1.07 bits per heavy atom. The predicted octanol–water partition coefficient (Wildman–Crippen LogP) is 6.41. The first-order valence-corrected chi connectivity index (χ1v) is 14.9. The number of halogens is 4. The lowest BCUT2D eigenvalue weighted by molar-refractivity contribution is 0.0625. The van der Waals surface area contributed by atoms with Crippen molar-refractivity contribution in [3.63, 3.8) is 0 Å². The molecule has 6 rings (SSSR count). The van der Waals surface area contributed by atoms with Gasteiger partial charge in [0, 0.05) is 34.3 Å². The number of methoxy groups -OCH3 is 1. The molecular weight excluding hydrogens is 621 g/mol. The van der Waals surface area contributed by atoms with Gasteiger partial charge in [-0.25, -0.2) is 18.2 Å². The number of nitrogens with zero attached hydrogens (tertiary/aromatic N) is 3. The van der Waals surface area contributed by atoms with Crippen molar-refractivity contribution >= 4 is 28.4 Å². The molecule has 1 aliphatic rings. The first-order valence-electron chi connectivity index (χ1n) is 14.5. The normalized spacial score (nSPS) is 14.7. The third-order valence-electron chi connectivity index (χ3n) is 8.06. The Morgan fingerprint density at radius 3 is 2.43 bits per heavy atom. The van der Waals surface area contributed by atoms with Gasteiger partial charge in [0.05, 0.1) is 36.0 Å². The Labute approximate surface area is 267 Å². The molecule has 1 atom stereocenters. The molecule has 12 heteroatoms. The van der Waals surface area contributed by atoms with Gasteiger partial charge in [-0.1, -0.05) is 41.9 Å².